The predicted octanol–water partition coefficient (Wildman–Crippen LogP) is 5.52. The Morgan fingerprint density at radius 3 is 2.12 bits per heavy atom. The van der Waals surface area contributed by atoms with Crippen molar-refractivity contribution in [3.05, 3.63) is 95.6 Å². The number of amides is 2. The summed E-state index contributed by atoms with van der Waals surface area (Å²) in [7, 11) is 3.81. The molecule has 9 heteroatoms. The van der Waals surface area contributed by atoms with Crippen molar-refractivity contribution in [2.24, 2.45) is 0 Å². The summed E-state index contributed by atoms with van der Waals surface area (Å²) in [4.78, 5) is 62.6. The maximum absolute atomic E-state index is 13.8. The molecule has 0 spiro atoms. The minimum atomic E-state index is -0.432. The summed E-state index contributed by atoms with van der Waals surface area (Å²) >= 11 is 0. The number of Topliss-reactive ketones (excluding diaryl/α,β-unsaturated/α-hetero) is 2. The molecule has 0 saturated carbocycles. The third kappa shape index (κ3) is 7.02. The average molecular weight is 675 g/mol. The molecule has 4 atom stereocenters. The van der Waals surface area contributed by atoms with E-state index in [4.69, 9.17) is 4.74 Å². The fourth-order valence-electron chi connectivity index (χ4n) is 8.03. The third-order valence-electron chi connectivity index (χ3n) is 10.6. The summed E-state index contributed by atoms with van der Waals surface area (Å²) in [5.74, 6) is 0.0857. The van der Waals surface area contributed by atoms with Gasteiger partial charge in [-0.05, 0) is 93.1 Å². The molecule has 0 unspecified atom stereocenters. The Bertz CT molecular complexity index is 1860. The number of aromatic nitrogens is 1. The topological polar surface area (TPSA) is 103 Å². The zero-order valence-electron chi connectivity index (χ0n) is 29.0. The number of carbonyl (C=O) groups is 4. The van der Waals surface area contributed by atoms with Gasteiger partial charge in [-0.3, -0.25) is 24.1 Å². The van der Waals surface area contributed by atoms with Crippen molar-refractivity contribution < 1.29 is 23.9 Å². The summed E-state index contributed by atoms with van der Waals surface area (Å²) < 4.78 is 5.60. The van der Waals surface area contributed by atoms with Crippen molar-refractivity contribution in [1.29, 1.82) is 0 Å². The lowest BCUT2D eigenvalue weighted by atomic mass is 9.99. The minimum Gasteiger partial charge on any atom is -0.368 e. The van der Waals surface area contributed by atoms with E-state index in [0.717, 1.165) is 64.5 Å². The van der Waals surface area contributed by atoms with E-state index in [9.17, 15) is 19.2 Å². The molecule has 3 aromatic carbocycles. The quantitative estimate of drug-likeness (QED) is 0.225. The van der Waals surface area contributed by atoms with Gasteiger partial charge >= 0.3 is 0 Å². The second-order valence-electron chi connectivity index (χ2n) is 14.2. The number of nitrogens with zero attached hydrogens (tertiary/aromatic N) is 3. The molecular formula is C41H46N4O5. The van der Waals surface area contributed by atoms with E-state index >= 15 is 0 Å². The summed E-state index contributed by atoms with van der Waals surface area (Å²) in [6.07, 6.45) is 4.84. The number of carbonyl (C=O) groups excluding carboxylic acids is 4. The molecule has 0 aliphatic carbocycles. The molecule has 0 radical (unpaired) electrons. The molecule has 50 heavy (non-hydrogen) atoms. The van der Waals surface area contributed by atoms with Crippen LogP contribution in [0.3, 0.4) is 0 Å². The normalized spacial score (nSPS) is 21.3. The van der Waals surface area contributed by atoms with E-state index in [1.165, 1.54) is 0 Å². The van der Waals surface area contributed by atoms with Gasteiger partial charge in [-0.25, -0.2) is 0 Å². The molecule has 260 valence electrons. The van der Waals surface area contributed by atoms with Crippen molar-refractivity contribution in [3.63, 3.8) is 0 Å². The zero-order chi connectivity index (χ0) is 34.8. The Morgan fingerprint density at radius 2 is 1.44 bits per heavy atom. The molecule has 4 heterocycles. The first kappa shape index (κ1) is 33.9. The van der Waals surface area contributed by atoms with Gasteiger partial charge in [-0.2, -0.15) is 0 Å². The number of ketones is 2. The van der Waals surface area contributed by atoms with E-state index in [1.807, 2.05) is 85.7 Å². The number of likely N-dealkylation sites (tertiary alicyclic amines) is 2. The molecule has 4 aromatic rings. The summed E-state index contributed by atoms with van der Waals surface area (Å²) in [5, 5.41) is 1.01. The van der Waals surface area contributed by atoms with Gasteiger partial charge in [0.2, 0.25) is 5.91 Å². The summed E-state index contributed by atoms with van der Waals surface area (Å²) in [6, 6.07) is 24.7. The van der Waals surface area contributed by atoms with Crippen LogP contribution in [0.25, 0.3) is 22.2 Å². The van der Waals surface area contributed by atoms with Crippen LogP contribution in [0.15, 0.2) is 78.9 Å². The van der Waals surface area contributed by atoms with Crippen molar-refractivity contribution in [2.45, 2.75) is 75.6 Å². The van der Waals surface area contributed by atoms with E-state index in [1.54, 1.807) is 9.80 Å². The molecule has 2 amide bonds. The van der Waals surface area contributed by atoms with Gasteiger partial charge in [0.25, 0.3) is 5.91 Å². The number of likely N-dealkylation sites (N-methyl/N-ethyl adjacent to an activating group) is 1. The van der Waals surface area contributed by atoms with Gasteiger partial charge in [0, 0.05) is 49.1 Å². The molecule has 9 nitrogen and oxygen atoms in total. The highest BCUT2D eigenvalue weighted by Crippen LogP contribution is 2.30. The summed E-state index contributed by atoms with van der Waals surface area (Å²) in [5.41, 5.74) is 5.70. The average Bonchev–Trinajstić information content (AvgIpc) is 3.95. The minimum absolute atomic E-state index is 0.0248. The number of benzene rings is 3. The van der Waals surface area contributed by atoms with Gasteiger partial charge in [-0.15, -0.1) is 0 Å². The van der Waals surface area contributed by atoms with Crippen LogP contribution >= 0.6 is 0 Å². The molecule has 7 rings (SSSR count). The number of hydrogen-bond donors (Lipinski definition) is 1. The van der Waals surface area contributed by atoms with Crippen molar-refractivity contribution in [2.75, 3.05) is 33.8 Å². The van der Waals surface area contributed by atoms with Crippen LogP contribution in [-0.4, -0.2) is 95.0 Å². The Hall–Kier alpha value is -4.60. The van der Waals surface area contributed by atoms with Gasteiger partial charge in [0.05, 0.1) is 12.1 Å². The Morgan fingerprint density at radius 1 is 0.780 bits per heavy atom. The van der Waals surface area contributed by atoms with Gasteiger partial charge in [-0.1, -0.05) is 60.7 Å². The second kappa shape index (κ2) is 14.7. The first-order chi connectivity index (χ1) is 24.3. The summed E-state index contributed by atoms with van der Waals surface area (Å²) in [6.45, 7) is 1.83. The molecule has 0 bridgehead atoms. The van der Waals surface area contributed by atoms with Crippen LogP contribution < -0.4 is 0 Å². The third-order valence-corrected chi connectivity index (χ3v) is 10.6. The van der Waals surface area contributed by atoms with Crippen molar-refractivity contribution in [1.82, 2.24) is 19.7 Å². The standard InChI is InChI=1S/C41H46N4O5/c1-43(2)39(30-9-4-3-5-10-30)41(49)45-21-7-12-35(45)37(47)25-28-16-19-32-31(23-28)26-33(42-32)29-17-14-27(15-18-29)24-36(46)34-11-6-20-44(34)40(48)38-13-8-22-50-38/h3-5,9-10,14-19,23,26,34-35,38-39,42H,6-8,11-13,20-22,24-25H2,1-2H3/t34-,35-,38+,39+/m0/s1. The van der Waals surface area contributed by atoms with Crippen LogP contribution in [-0.2, 0) is 36.8 Å². The van der Waals surface area contributed by atoms with Gasteiger partial charge < -0.3 is 19.5 Å². The van der Waals surface area contributed by atoms with E-state index < -0.39 is 18.2 Å². The first-order valence-electron chi connectivity index (χ1n) is 18.0. The van der Waals surface area contributed by atoms with E-state index in [2.05, 4.69) is 17.1 Å². The number of hydrogen-bond acceptors (Lipinski definition) is 6. The largest absolute Gasteiger partial charge is 0.368 e. The monoisotopic (exact) mass is 674 g/mol. The number of aromatic amines is 1. The van der Waals surface area contributed by atoms with Gasteiger partial charge in [0.15, 0.2) is 11.6 Å². The highest BCUT2D eigenvalue weighted by atomic mass is 16.5. The lowest BCUT2D eigenvalue weighted by Crippen LogP contribution is -2.46. The maximum atomic E-state index is 13.8. The molecule has 1 N–H and O–H groups in total. The Balaban J connectivity index is 0.991. The molecule has 3 aliphatic rings. The van der Waals surface area contributed by atoms with E-state index in [0.29, 0.717) is 32.5 Å². The fraction of sp³-hybridized carbons (Fsp3) is 0.415. The SMILES string of the molecule is CN(C)[C@@H](C(=O)N1CCC[C@H]1C(=O)Cc1ccc2[nH]c(-c3ccc(CC(=O)[C@@H]4CCCN4C(=O)[C@H]4CCCO4)cc3)cc2c1)c1ccccc1. The highest BCUT2D eigenvalue weighted by molar-refractivity contribution is 5.94. The Kier molecular flexibility index (Phi) is 9.97. The number of nitrogens with one attached hydrogen (secondary N) is 1. The van der Waals surface area contributed by atoms with Crippen molar-refractivity contribution in [3.8, 4) is 11.3 Å². The van der Waals surface area contributed by atoms with Gasteiger partial charge in [0.1, 0.15) is 12.1 Å². The zero-order valence-corrected chi connectivity index (χ0v) is 29.0. The highest BCUT2D eigenvalue weighted by Gasteiger charge is 2.39. The number of rotatable bonds is 11. The molecule has 3 aliphatic heterocycles. The number of H-pyrrole nitrogens is 1. The van der Waals surface area contributed by atoms with Crippen LogP contribution in [0.1, 0.15) is 61.3 Å². The fourth-order valence-corrected chi connectivity index (χ4v) is 8.03. The first-order valence-corrected chi connectivity index (χ1v) is 18.0. The van der Waals surface area contributed by atoms with Crippen molar-refractivity contribution >= 4 is 34.3 Å². The maximum Gasteiger partial charge on any atom is 0.252 e. The Labute approximate surface area is 293 Å². The second-order valence-corrected chi connectivity index (χ2v) is 14.2. The van der Waals surface area contributed by atoms with Crippen LogP contribution in [0.5, 0.6) is 0 Å². The molecule has 1 aromatic heterocycles. The lowest BCUT2D eigenvalue weighted by Gasteiger charge is -2.31. The van der Waals surface area contributed by atoms with Crippen LogP contribution in [0.2, 0.25) is 0 Å². The number of ether oxygens (including phenoxy) is 1. The lowest BCUT2D eigenvalue weighted by molar-refractivity contribution is -0.145. The number of fused-ring (bicyclic) bond motifs is 1. The molecule has 3 fully saturated rings. The predicted molar refractivity (Wildman–Crippen MR) is 192 cm³/mol. The molecular weight excluding hydrogens is 628 g/mol. The van der Waals surface area contributed by atoms with Crippen LogP contribution in [0.4, 0.5) is 0 Å². The smallest absolute Gasteiger partial charge is 0.252 e. The van der Waals surface area contributed by atoms with Crippen LogP contribution in [0, 0.1) is 0 Å². The molecule has 3 saturated heterocycles. The van der Waals surface area contributed by atoms with E-state index in [-0.39, 0.29) is 42.3 Å².